The number of aryl methyl sites for hydroxylation is 1. The topological polar surface area (TPSA) is 99.6 Å². The van der Waals surface area contributed by atoms with Crippen molar-refractivity contribution in [3.8, 4) is 11.5 Å². The van der Waals surface area contributed by atoms with Gasteiger partial charge in [0.25, 0.3) is 5.91 Å². The number of carbonyl (C=O) groups is 2. The van der Waals surface area contributed by atoms with E-state index >= 15 is 0 Å². The zero-order chi connectivity index (χ0) is 17.5. The van der Waals surface area contributed by atoms with Gasteiger partial charge in [0.05, 0.1) is 31.8 Å². The Labute approximate surface area is 138 Å². The van der Waals surface area contributed by atoms with Crippen LogP contribution in [0.3, 0.4) is 0 Å². The highest BCUT2D eigenvalue weighted by Crippen LogP contribution is 2.28. The van der Waals surface area contributed by atoms with E-state index in [4.69, 9.17) is 14.2 Å². The van der Waals surface area contributed by atoms with Gasteiger partial charge in [0.2, 0.25) is 0 Å². The lowest BCUT2D eigenvalue weighted by atomic mass is 10.2. The van der Waals surface area contributed by atoms with Gasteiger partial charge in [0.1, 0.15) is 11.5 Å². The maximum absolute atomic E-state index is 11.9. The van der Waals surface area contributed by atoms with Crippen molar-refractivity contribution in [3.05, 3.63) is 42.0 Å². The Morgan fingerprint density at radius 1 is 1.12 bits per heavy atom. The minimum Gasteiger partial charge on any atom is -0.497 e. The summed E-state index contributed by atoms with van der Waals surface area (Å²) in [7, 11) is 2.99. The van der Waals surface area contributed by atoms with Crippen molar-refractivity contribution in [3.63, 3.8) is 0 Å². The minimum absolute atomic E-state index is 0.0346. The van der Waals surface area contributed by atoms with Crippen molar-refractivity contribution in [2.75, 3.05) is 26.1 Å². The minimum atomic E-state index is -0.727. The SMILES string of the molecule is COc1ccc(OC)c(NC(=O)COC(=O)c2cnc(C)cn2)c1. The molecule has 1 amide bonds. The molecular formula is C16H17N3O5. The highest BCUT2D eigenvalue weighted by Gasteiger charge is 2.14. The summed E-state index contributed by atoms with van der Waals surface area (Å²) >= 11 is 0. The summed E-state index contributed by atoms with van der Waals surface area (Å²) in [5.41, 5.74) is 1.12. The van der Waals surface area contributed by atoms with E-state index < -0.39 is 18.5 Å². The Morgan fingerprint density at radius 3 is 2.54 bits per heavy atom. The number of hydrogen-bond donors (Lipinski definition) is 1. The first-order valence-electron chi connectivity index (χ1n) is 7.01. The van der Waals surface area contributed by atoms with E-state index in [0.29, 0.717) is 22.9 Å². The fourth-order valence-corrected chi connectivity index (χ4v) is 1.80. The zero-order valence-corrected chi connectivity index (χ0v) is 13.5. The number of amides is 1. The van der Waals surface area contributed by atoms with Crippen molar-refractivity contribution < 1.29 is 23.8 Å². The van der Waals surface area contributed by atoms with Gasteiger partial charge in [0, 0.05) is 12.3 Å². The maximum atomic E-state index is 11.9. The number of benzene rings is 1. The van der Waals surface area contributed by atoms with Crippen LogP contribution in [0.25, 0.3) is 0 Å². The molecule has 1 aromatic carbocycles. The molecule has 0 unspecified atom stereocenters. The summed E-state index contributed by atoms with van der Waals surface area (Å²) < 4.78 is 15.2. The van der Waals surface area contributed by atoms with Crippen molar-refractivity contribution in [2.45, 2.75) is 6.92 Å². The predicted molar refractivity (Wildman–Crippen MR) is 85.2 cm³/mol. The first kappa shape index (κ1) is 17.2. The number of rotatable bonds is 6. The number of aromatic nitrogens is 2. The number of anilines is 1. The van der Waals surface area contributed by atoms with Crippen LogP contribution in [0.1, 0.15) is 16.2 Å². The highest BCUT2D eigenvalue weighted by molar-refractivity contribution is 5.95. The Kier molecular flexibility index (Phi) is 5.67. The molecule has 0 bridgehead atoms. The second-order valence-electron chi connectivity index (χ2n) is 4.73. The fourth-order valence-electron chi connectivity index (χ4n) is 1.80. The number of carbonyl (C=O) groups excluding carboxylic acids is 2. The summed E-state index contributed by atoms with van der Waals surface area (Å²) in [5, 5.41) is 2.59. The molecule has 0 saturated carbocycles. The molecule has 0 atom stereocenters. The van der Waals surface area contributed by atoms with Gasteiger partial charge in [-0.1, -0.05) is 0 Å². The van der Waals surface area contributed by atoms with E-state index in [2.05, 4.69) is 15.3 Å². The van der Waals surface area contributed by atoms with Crippen LogP contribution >= 0.6 is 0 Å². The molecule has 24 heavy (non-hydrogen) atoms. The number of nitrogens with one attached hydrogen (secondary N) is 1. The standard InChI is InChI=1S/C16H17N3O5/c1-10-7-18-13(8-17-10)16(21)24-9-15(20)19-12-6-11(22-2)4-5-14(12)23-3/h4-8H,9H2,1-3H3,(H,19,20). The van der Waals surface area contributed by atoms with Crippen LogP contribution in [0.5, 0.6) is 11.5 Å². The third-order valence-corrected chi connectivity index (χ3v) is 3.01. The Bertz CT molecular complexity index is 731. The average Bonchev–Trinajstić information content (AvgIpc) is 2.60. The van der Waals surface area contributed by atoms with E-state index in [0.717, 1.165) is 0 Å². The fraction of sp³-hybridized carbons (Fsp3) is 0.250. The van der Waals surface area contributed by atoms with E-state index in [1.54, 1.807) is 25.1 Å². The van der Waals surface area contributed by atoms with E-state index in [9.17, 15) is 9.59 Å². The maximum Gasteiger partial charge on any atom is 0.359 e. The molecule has 0 spiro atoms. The number of nitrogens with zero attached hydrogens (tertiary/aromatic N) is 2. The van der Waals surface area contributed by atoms with Gasteiger partial charge < -0.3 is 19.5 Å². The molecule has 1 heterocycles. The number of esters is 1. The molecule has 8 nitrogen and oxygen atoms in total. The second kappa shape index (κ2) is 7.91. The predicted octanol–water partition coefficient (Wildman–Crippen LogP) is 1.60. The van der Waals surface area contributed by atoms with Crippen LogP contribution in [0, 0.1) is 6.92 Å². The van der Waals surface area contributed by atoms with Gasteiger partial charge in [-0.2, -0.15) is 0 Å². The van der Waals surface area contributed by atoms with Crippen LogP contribution in [0.15, 0.2) is 30.6 Å². The Balaban J connectivity index is 1.96. The second-order valence-corrected chi connectivity index (χ2v) is 4.73. The molecule has 2 rings (SSSR count). The van der Waals surface area contributed by atoms with E-state index in [1.807, 2.05) is 0 Å². The molecule has 126 valence electrons. The lowest BCUT2D eigenvalue weighted by molar-refractivity contribution is -0.119. The number of ether oxygens (including phenoxy) is 3. The highest BCUT2D eigenvalue weighted by atomic mass is 16.5. The third kappa shape index (κ3) is 4.42. The van der Waals surface area contributed by atoms with Crippen molar-refractivity contribution in [2.24, 2.45) is 0 Å². The summed E-state index contributed by atoms with van der Waals surface area (Å²) in [6, 6.07) is 4.96. The van der Waals surface area contributed by atoms with Crippen molar-refractivity contribution in [1.29, 1.82) is 0 Å². The Morgan fingerprint density at radius 2 is 1.92 bits per heavy atom. The molecule has 0 aliphatic carbocycles. The average molecular weight is 331 g/mol. The summed E-state index contributed by atoms with van der Waals surface area (Å²) in [6.07, 6.45) is 2.73. The molecule has 1 aromatic heterocycles. The summed E-state index contributed by atoms with van der Waals surface area (Å²) in [4.78, 5) is 31.6. The van der Waals surface area contributed by atoms with Crippen LogP contribution < -0.4 is 14.8 Å². The first-order valence-corrected chi connectivity index (χ1v) is 7.01. The molecular weight excluding hydrogens is 314 g/mol. The smallest absolute Gasteiger partial charge is 0.359 e. The molecule has 0 fully saturated rings. The molecule has 1 N–H and O–H groups in total. The number of hydrogen-bond acceptors (Lipinski definition) is 7. The van der Waals surface area contributed by atoms with Crippen molar-refractivity contribution in [1.82, 2.24) is 9.97 Å². The molecule has 0 saturated heterocycles. The monoisotopic (exact) mass is 331 g/mol. The lowest BCUT2D eigenvalue weighted by Crippen LogP contribution is -2.21. The number of methoxy groups -OCH3 is 2. The van der Waals surface area contributed by atoms with Gasteiger partial charge in [-0.15, -0.1) is 0 Å². The van der Waals surface area contributed by atoms with Crippen LogP contribution in [-0.2, 0) is 9.53 Å². The van der Waals surface area contributed by atoms with Crippen molar-refractivity contribution >= 4 is 17.6 Å². The van der Waals surface area contributed by atoms with Crippen LogP contribution in [0.2, 0.25) is 0 Å². The molecule has 0 aliphatic heterocycles. The normalized spacial score (nSPS) is 9.96. The quantitative estimate of drug-likeness (QED) is 0.802. The largest absolute Gasteiger partial charge is 0.497 e. The first-order chi connectivity index (χ1) is 11.5. The van der Waals surface area contributed by atoms with E-state index in [-0.39, 0.29) is 5.69 Å². The van der Waals surface area contributed by atoms with Gasteiger partial charge in [0.15, 0.2) is 12.3 Å². The molecule has 8 heteroatoms. The summed E-state index contributed by atoms with van der Waals surface area (Å²) in [6.45, 7) is 1.28. The molecule has 0 radical (unpaired) electrons. The zero-order valence-electron chi connectivity index (χ0n) is 13.5. The van der Waals surface area contributed by atoms with Gasteiger partial charge in [-0.3, -0.25) is 9.78 Å². The third-order valence-electron chi connectivity index (χ3n) is 3.01. The Hall–Kier alpha value is -3.16. The lowest BCUT2D eigenvalue weighted by Gasteiger charge is -2.11. The molecule has 2 aromatic rings. The van der Waals surface area contributed by atoms with Gasteiger partial charge >= 0.3 is 5.97 Å². The van der Waals surface area contributed by atoms with Gasteiger partial charge in [-0.25, -0.2) is 9.78 Å². The van der Waals surface area contributed by atoms with Crippen LogP contribution in [0.4, 0.5) is 5.69 Å². The van der Waals surface area contributed by atoms with Crippen LogP contribution in [-0.4, -0.2) is 42.7 Å². The van der Waals surface area contributed by atoms with E-state index in [1.165, 1.54) is 26.6 Å². The summed E-state index contributed by atoms with van der Waals surface area (Å²) in [5.74, 6) is -0.233. The van der Waals surface area contributed by atoms with Gasteiger partial charge in [-0.05, 0) is 19.1 Å². The molecule has 0 aliphatic rings.